The van der Waals surface area contributed by atoms with Crippen LogP contribution in [0, 0.1) is 0 Å². The molecule has 3 rings (SSSR count). The molecule has 1 N–H and O–H groups in total. The van der Waals surface area contributed by atoms with E-state index in [-0.39, 0.29) is 5.56 Å². The molecule has 7 nitrogen and oxygen atoms in total. The number of hydrogen-bond acceptors (Lipinski definition) is 4. The molecule has 0 unspecified atom stereocenters. The van der Waals surface area contributed by atoms with Crippen LogP contribution in [0.5, 0.6) is 0 Å². The predicted molar refractivity (Wildman–Crippen MR) is 142 cm³/mol. The Hall–Kier alpha value is -2.05. The zero-order valence-corrected chi connectivity index (χ0v) is 21.7. The Morgan fingerprint density at radius 1 is 0.765 bits per heavy atom. The van der Waals surface area contributed by atoms with E-state index in [1.54, 1.807) is 7.05 Å². The molecular formula is C27H47N5O2. The van der Waals surface area contributed by atoms with Gasteiger partial charge in [0, 0.05) is 26.7 Å². The van der Waals surface area contributed by atoms with Crippen molar-refractivity contribution in [1.29, 1.82) is 0 Å². The molecule has 192 valence electrons. The van der Waals surface area contributed by atoms with Gasteiger partial charge in [0.25, 0.3) is 5.56 Å². The maximum Gasteiger partial charge on any atom is 0.329 e. The van der Waals surface area contributed by atoms with Crippen molar-refractivity contribution < 1.29 is 0 Å². The highest BCUT2D eigenvalue weighted by Gasteiger charge is 2.22. The number of nitrogens with one attached hydrogen (secondary N) is 1. The van der Waals surface area contributed by atoms with Crippen LogP contribution in [-0.4, -0.2) is 32.2 Å². The number of piperidine rings is 1. The van der Waals surface area contributed by atoms with Crippen LogP contribution < -0.4 is 16.1 Å². The molecule has 1 aliphatic heterocycles. The van der Waals surface area contributed by atoms with Crippen molar-refractivity contribution in [2.75, 3.05) is 18.0 Å². The van der Waals surface area contributed by atoms with E-state index >= 15 is 0 Å². The fourth-order valence-corrected chi connectivity index (χ4v) is 5.23. The van der Waals surface area contributed by atoms with E-state index in [1.165, 1.54) is 94.5 Å². The van der Waals surface area contributed by atoms with Crippen LogP contribution in [0.4, 0.5) is 5.95 Å². The van der Waals surface area contributed by atoms with E-state index < -0.39 is 5.69 Å². The molecule has 1 saturated heterocycles. The number of aromatic amines is 1. The molecule has 0 bridgehead atoms. The largest absolute Gasteiger partial charge is 0.342 e. The van der Waals surface area contributed by atoms with E-state index in [9.17, 15) is 9.59 Å². The number of aryl methyl sites for hydroxylation is 2. The van der Waals surface area contributed by atoms with Gasteiger partial charge in [0.2, 0.25) is 5.95 Å². The fraction of sp³-hybridized carbons (Fsp3) is 0.815. The standard InChI is InChI=1S/C27H47N5O2/c1-3-4-5-6-7-8-9-10-11-12-13-14-15-19-22-32-23-24(30(2)27(34)29-25(23)33)28-26(32)31-20-17-16-18-21-31/h3-22H2,1-2H3,(H,29,33,34). The summed E-state index contributed by atoms with van der Waals surface area (Å²) in [7, 11) is 1.68. The Bertz CT molecular complexity index is 968. The SMILES string of the molecule is CCCCCCCCCCCCCCCCn1c(N2CCCCC2)nc2c1c(=O)[nH]c(=O)n2C. The molecular weight excluding hydrogens is 426 g/mol. The van der Waals surface area contributed by atoms with Crippen molar-refractivity contribution in [3.63, 3.8) is 0 Å². The fourth-order valence-electron chi connectivity index (χ4n) is 5.23. The summed E-state index contributed by atoms with van der Waals surface area (Å²) < 4.78 is 3.53. The zero-order chi connectivity index (χ0) is 24.2. The molecule has 7 heteroatoms. The monoisotopic (exact) mass is 473 g/mol. The van der Waals surface area contributed by atoms with E-state index in [2.05, 4.69) is 21.4 Å². The number of rotatable bonds is 16. The lowest BCUT2D eigenvalue weighted by atomic mass is 10.0. The van der Waals surface area contributed by atoms with Crippen LogP contribution in [0.3, 0.4) is 0 Å². The first-order chi connectivity index (χ1) is 16.6. The molecule has 3 heterocycles. The van der Waals surface area contributed by atoms with Crippen molar-refractivity contribution in [2.45, 2.75) is 123 Å². The normalized spacial score (nSPS) is 14.4. The molecule has 0 aromatic carbocycles. The Morgan fingerprint density at radius 3 is 1.85 bits per heavy atom. The third-order valence-electron chi connectivity index (χ3n) is 7.36. The second-order valence-corrected chi connectivity index (χ2v) is 10.2. The van der Waals surface area contributed by atoms with Crippen LogP contribution >= 0.6 is 0 Å². The van der Waals surface area contributed by atoms with Gasteiger partial charge >= 0.3 is 5.69 Å². The maximum absolute atomic E-state index is 12.7. The first-order valence-electron chi connectivity index (χ1n) is 14.1. The minimum atomic E-state index is -0.399. The van der Waals surface area contributed by atoms with E-state index in [0.29, 0.717) is 11.2 Å². The number of aromatic nitrogens is 4. The quantitative estimate of drug-likeness (QED) is 0.308. The number of anilines is 1. The second kappa shape index (κ2) is 14.4. The molecule has 0 saturated carbocycles. The molecule has 0 amide bonds. The molecule has 2 aromatic heterocycles. The van der Waals surface area contributed by atoms with Gasteiger partial charge in [-0.2, -0.15) is 4.98 Å². The van der Waals surface area contributed by atoms with Gasteiger partial charge in [-0.05, 0) is 25.7 Å². The van der Waals surface area contributed by atoms with Crippen molar-refractivity contribution in [3.05, 3.63) is 20.8 Å². The molecule has 34 heavy (non-hydrogen) atoms. The summed E-state index contributed by atoms with van der Waals surface area (Å²) in [5.41, 5.74) is 0.320. The summed E-state index contributed by atoms with van der Waals surface area (Å²) in [6.45, 7) is 4.99. The Labute approximate surface area is 205 Å². The first-order valence-corrected chi connectivity index (χ1v) is 14.1. The molecule has 1 fully saturated rings. The summed E-state index contributed by atoms with van der Waals surface area (Å²) in [6.07, 6.45) is 22.2. The number of nitrogens with zero attached hydrogens (tertiary/aromatic N) is 4. The molecule has 0 aliphatic carbocycles. The first kappa shape index (κ1) is 26.6. The topological polar surface area (TPSA) is 75.9 Å². The second-order valence-electron chi connectivity index (χ2n) is 10.2. The van der Waals surface area contributed by atoms with Gasteiger partial charge in [-0.1, -0.05) is 90.4 Å². The lowest BCUT2D eigenvalue weighted by Crippen LogP contribution is -2.32. The Balaban J connectivity index is 1.43. The van der Waals surface area contributed by atoms with Gasteiger partial charge < -0.3 is 9.47 Å². The average Bonchev–Trinajstić information content (AvgIpc) is 3.23. The van der Waals surface area contributed by atoms with Gasteiger partial charge in [0.15, 0.2) is 11.2 Å². The van der Waals surface area contributed by atoms with Gasteiger partial charge in [0.05, 0.1) is 0 Å². The highest BCUT2D eigenvalue weighted by molar-refractivity contribution is 5.74. The van der Waals surface area contributed by atoms with Gasteiger partial charge in [0.1, 0.15) is 0 Å². The van der Waals surface area contributed by atoms with E-state index in [4.69, 9.17) is 4.98 Å². The number of fused-ring (bicyclic) bond motifs is 1. The van der Waals surface area contributed by atoms with Crippen LogP contribution in [0.1, 0.15) is 116 Å². The summed E-state index contributed by atoms with van der Waals surface area (Å²) in [5.74, 6) is 0.857. The molecule has 0 atom stereocenters. The average molecular weight is 474 g/mol. The summed E-state index contributed by atoms with van der Waals surface area (Å²) in [5, 5.41) is 0. The van der Waals surface area contributed by atoms with Crippen LogP contribution in [0.2, 0.25) is 0 Å². The van der Waals surface area contributed by atoms with Gasteiger partial charge in [-0.3, -0.25) is 14.3 Å². The zero-order valence-electron chi connectivity index (χ0n) is 21.7. The molecule has 1 aliphatic rings. The van der Waals surface area contributed by atoms with Gasteiger partial charge in [-0.15, -0.1) is 0 Å². The third-order valence-corrected chi connectivity index (χ3v) is 7.36. The maximum atomic E-state index is 12.7. The minimum absolute atomic E-state index is 0.320. The number of imidazole rings is 1. The van der Waals surface area contributed by atoms with E-state index in [1.807, 2.05) is 0 Å². The number of hydrogen-bond donors (Lipinski definition) is 1. The number of H-pyrrole nitrogens is 1. The summed E-state index contributed by atoms with van der Waals surface area (Å²) in [6, 6.07) is 0. The Morgan fingerprint density at radius 2 is 1.29 bits per heavy atom. The van der Waals surface area contributed by atoms with Crippen molar-refractivity contribution in [1.82, 2.24) is 19.1 Å². The smallest absolute Gasteiger partial charge is 0.329 e. The van der Waals surface area contributed by atoms with Crippen LogP contribution in [-0.2, 0) is 13.6 Å². The highest BCUT2D eigenvalue weighted by atomic mass is 16.2. The lowest BCUT2D eigenvalue weighted by Gasteiger charge is -2.28. The summed E-state index contributed by atoms with van der Waals surface area (Å²) >= 11 is 0. The summed E-state index contributed by atoms with van der Waals surface area (Å²) in [4.78, 5) is 34.3. The highest BCUT2D eigenvalue weighted by Crippen LogP contribution is 2.24. The minimum Gasteiger partial charge on any atom is -0.342 e. The van der Waals surface area contributed by atoms with Crippen molar-refractivity contribution >= 4 is 17.1 Å². The van der Waals surface area contributed by atoms with Crippen molar-refractivity contribution in [2.24, 2.45) is 7.05 Å². The number of unbranched alkanes of at least 4 members (excludes halogenated alkanes) is 13. The molecule has 0 radical (unpaired) electrons. The van der Waals surface area contributed by atoms with Crippen LogP contribution in [0.15, 0.2) is 9.59 Å². The third kappa shape index (κ3) is 7.47. The molecule has 0 spiro atoms. The Kier molecular flexibility index (Phi) is 11.2. The predicted octanol–water partition coefficient (Wildman–Crippen LogP) is 5.89. The van der Waals surface area contributed by atoms with Crippen molar-refractivity contribution in [3.8, 4) is 0 Å². The van der Waals surface area contributed by atoms with Crippen LogP contribution in [0.25, 0.3) is 11.2 Å². The van der Waals surface area contributed by atoms with E-state index in [0.717, 1.165) is 44.8 Å². The molecule has 2 aromatic rings. The lowest BCUT2D eigenvalue weighted by molar-refractivity contribution is 0.519. The van der Waals surface area contributed by atoms with Gasteiger partial charge in [-0.25, -0.2) is 4.79 Å².